The smallest absolute Gasteiger partial charge is 0.416 e. The molecule has 2 N–H and O–H groups in total. The van der Waals surface area contributed by atoms with Crippen LogP contribution in [0.2, 0.25) is 0 Å². The molecule has 5 nitrogen and oxygen atoms in total. The van der Waals surface area contributed by atoms with Crippen molar-refractivity contribution in [3.63, 3.8) is 0 Å². The monoisotopic (exact) mass is 376 g/mol. The van der Waals surface area contributed by atoms with E-state index in [1.807, 2.05) is 0 Å². The molecule has 0 unspecified atom stereocenters. The van der Waals surface area contributed by atoms with Gasteiger partial charge >= 0.3 is 6.18 Å². The molecule has 2 aromatic carbocycles. The van der Waals surface area contributed by atoms with Gasteiger partial charge in [-0.05, 0) is 48.4 Å². The molecule has 3 rings (SSSR count). The summed E-state index contributed by atoms with van der Waals surface area (Å²) in [4.78, 5) is 16.1. The summed E-state index contributed by atoms with van der Waals surface area (Å²) >= 11 is 0. The molecule has 0 fully saturated rings. The van der Waals surface area contributed by atoms with E-state index in [0.29, 0.717) is 18.5 Å². The summed E-state index contributed by atoms with van der Waals surface area (Å²) < 4.78 is 43.0. The average Bonchev–Trinajstić information content (AvgIpc) is 3.13. The van der Waals surface area contributed by atoms with Crippen LogP contribution in [0.1, 0.15) is 21.6 Å². The largest absolute Gasteiger partial charge is 0.508 e. The Labute approximate surface area is 152 Å². The van der Waals surface area contributed by atoms with Gasteiger partial charge in [0.15, 0.2) is 5.69 Å². The van der Waals surface area contributed by atoms with Gasteiger partial charge in [-0.25, -0.2) is 4.98 Å². The van der Waals surface area contributed by atoms with Crippen LogP contribution in [0.4, 0.5) is 13.2 Å². The normalized spacial score (nSPS) is 11.4. The van der Waals surface area contributed by atoms with Gasteiger partial charge in [-0.3, -0.25) is 4.79 Å². The summed E-state index contributed by atoms with van der Waals surface area (Å²) in [6.07, 6.45) is -2.70. The van der Waals surface area contributed by atoms with E-state index < -0.39 is 17.6 Å². The van der Waals surface area contributed by atoms with E-state index in [2.05, 4.69) is 10.3 Å². The molecule has 1 heterocycles. The minimum atomic E-state index is -4.42. The molecule has 1 amide bonds. The number of alkyl halides is 3. The van der Waals surface area contributed by atoms with E-state index in [4.69, 9.17) is 4.42 Å². The first kappa shape index (κ1) is 18.5. The number of phenolic OH excluding ortho intramolecular Hbond substituents is 1. The molecule has 0 aliphatic carbocycles. The van der Waals surface area contributed by atoms with Crippen LogP contribution in [0.3, 0.4) is 0 Å². The van der Waals surface area contributed by atoms with Crippen LogP contribution in [0.5, 0.6) is 5.75 Å². The number of amides is 1. The Bertz CT molecular complexity index is 917. The van der Waals surface area contributed by atoms with Crippen molar-refractivity contribution in [1.82, 2.24) is 10.3 Å². The number of oxazole rings is 1. The maximum Gasteiger partial charge on any atom is 0.416 e. The number of nitrogens with zero attached hydrogens (tertiary/aromatic N) is 1. The molecule has 0 radical (unpaired) electrons. The maximum atomic E-state index is 12.6. The minimum Gasteiger partial charge on any atom is -0.508 e. The number of hydrogen-bond acceptors (Lipinski definition) is 4. The van der Waals surface area contributed by atoms with Crippen LogP contribution >= 0.6 is 0 Å². The lowest BCUT2D eigenvalue weighted by molar-refractivity contribution is -0.137. The van der Waals surface area contributed by atoms with Crippen molar-refractivity contribution in [3.05, 3.63) is 71.6 Å². The van der Waals surface area contributed by atoms with Gasteiger partial charge in [0.25, 0.3) is 5.91 Å². The number of aromatic nitrogens is 1. The molecule has 0 atom stereocenters. The zero-order valence-corrected chi connectivity index (χ0v) is 14.0. The van der Waals surface area contributed by atoms with Crippen molar-refractivity contribution in [2.45, 2.75) is 12.6 Å². The van der Waals surface area contributed by atoms with Crippen LogP contribution in [-0.2, 0) is 12.6 Å². The lowest BCUT2D eigenvalue weighted by atomic mass is 10.1. The van der Waals surface area contributed by atoms with E-state index in [1.165, 1.54) is 12.1 Å². The number of nitrogens with one attached hydrogen (secondary N) is 1. The van der Waals surface area contributed by atoms with E-state index in [9.17, 15) is 23.1 Å². The first-order chi connectivity index (χ1) is 12.8. The van der Waals surface area contributed by atoms with Crippen molar-refractivity contribution in [3.8, 4) is 17.2 Å². The third-order valence-electron chi connectivity index (χ3n) is 3.83. The van der Waals surface area contributed by atoms with E-state index in [-0.39, 0.29) is 17.3 Å². The van der Waals surface area contributed by atoms with Crippen LogP contribution in [0.25, 0.3) is 11.5 Å². The van der Waals surface area contributed by atoms with Gasteiger partial charge < -0.3 is 14.8 Å². The lowest BCUT2D eigenvalue weighted by Gasteiger charge is -2.06. The Morgan fingerprint density at radius 3 is 2.37 bits per heavy atom. The predicted molar refractivity (Wildman–Crippen MR) is 91.1 cm³/mol. The summed E-state index contributed by atoms with van der Waals surface area (Å²) in [6, 6.07) is 11.0. The van der Waals surface area contributed by atoms with Gasteiger partial charge in [-0.1, -0.05) is 12.1 Å². The molecular formula is C19H15F3N2O3. The fourth-order valence-electron chi connectivity index (χ4n) is 2.39. The number of carbonyl (C=O) groups excluding carboxylic acids is 1. The SMILES string of the molecule is O=C(NCCc1ccc(O)cc1)c1coc(-c2ccc(C(F)(F)F)cc2)n1. The molecular weight excluding hydrogens is 361 g/mol. The summed E-state index contributed by atoms with van der Waals surface area (Å²) in [5.41, 5.74) is 0.547. The highest BCUT2D eigenvalue weighted by molar-refractivity contribution is 5.92. The second kappa shape index (κ2) is 7.53. The minimum absolute atomic E-state index is 0.0376. The maximum absolute atomic E-state index is 12.6. The molecule has 27 heavy (non-hydrogen) atoms. The fraction of sp³-hybridized carbons (Fsp3) is 0.158. The Morgan fingerprint density at radius 1 is 1.07 bits per heavy atom. The number of rotatable bonds is 5. The summed E-state index contributed by atoms with van der Waals surface area (Å²) in [5, 5.41) is 11.9. The quantitative estimate of drug-likeness (QED) is 0.705. The summed E-state index contributed by atoms with van der Waals surface area (Å²) in [6.45, 7) is 0.353. The van der Waals surface area contributed by atoms with E-state index in [0.717, 1.165) is 24.0 Å². The molecule has 0 aliphatic rings. The van der Waals surface area contributed by atoms with Gasteiger partial charge in [-0.2, -0.15) is 13.2 Å². The summed E-state index contributed by atoms with van der Waals surface area (Å²) in [7, 11) is 0. The van der Waals surface area contributed by atoms with E-state index >= 15 is 0 Å². The Hall–Kier alpha value is -3.29. The fourth-order valence-corrected chi connectivity index (χ4v) is 2.39. The first-order valence-corrected chi connectivity index (χ1v) is 8.02. The second-order valence-corrected chi connectivity index (χ2v) is 5.79. The van der Waals surface area contributed by atoms with Gasteiger partial charge in [0.2, 0.25) is 5.89 Å². The number of benzene rings is 2. The summed E-state index contributed by atoms with van der Waals surface area (Å²) in [5.74, 6) is -0.218. The number of phenols is 1. The van der Waals surface area contributed by atoms with Crippen molar-refractivity contribution in [1.29, 1.82) is 0 Å². The highest BCUT2D eigenvalue weighted by Gasteiger charge is 2.30. The highest BCUT2D eigenvalue weighted by Crippen LogP contribution is 2.30. The van der Waals surface area contributed by atoms with E-state index in [1.54, 1.807) is 24.3 Å². The van der Waals surface area contributed by atoms with Gasteiger partial charge in [-0.15, -0.1) is 0 Å². The first-order valence-electron chi connectivity index (χ1n) is 8.02. The van der Waals surface area contributed by atoms with Gasteiger partial charge in [0.1, 0.15) is 12.0 Å². The van der Waals surface area contributed by atoms with Crippen LogP contribution in [0, 0.1) is 0 Å². The van der Waals surface area contributed by atoms with Crippen LogP contribution in [-0.4, -0.2) is 22.5 Å². The molecule has 0 aliphatic heterocycles. The molecule has 1 aromatic heterocycles. The molecule has 0 saturated carbocycles. The lowest BCUT2D eigenvalue weighted by Crippen LogP contribution is -2.25. The molecule has 0 bridgehead atoms. The zero-order chi connectivity index (χ0) is 19.4. The standard InChI is InChI=1S/C19H15F3N2O3/c20-19(21,22)14-5-3-13(4-6-14)18-24-16(11-27-18)17(26)23-10-9-12-1-7-15(25)8-2-12/h1-8,11,25H,9-10H2,(H,23,26). The molecule has 8 heteroatoms. The molecule has 140 valence electrons. The third-order valence-corrected chi connectivity index (χ3v) is 3.83. The second-order valence-electron chi connectivity index (χ2n) is 5.79. The number of halogens is 3. The van der Waals surface area contributed by atoms with Gasteiger partial charge in [0, 0.05) is 12.1 Å². The molecule has 0 saturated heterocycles. The Kier molecular flexibility index (Phi) is 5.16. The average molecular weight is 376 g/mol. The van der Waals surface area contributed by atoms with Crippen molar-refractivity contribution in [2.75, 3.05) is 6.54 Å². The van der Waals surface area contributed by atoms with Crippen LogP contribution in [0.15, 0.2) is 59.2 Å². The predicted octanol–water partition coefficient (Wildman–Crippen LogP) is 4.04. The molecule has 0 spiro atoms. The Morgan fingerprint density at radius 2 is 1.74 bits per heavy atom. The van der Waals surface area contributed by atoms with Crippen molar-refractivity contribution < 1.29 is 27.5 Å². The third kappa shape index (κ3) is 4.66. The van der Waals surface area contributed by atoms with Crippen LogP contribution < -0.4 is 5.32 Å². The molecule has 3 aromatic rings. The zero-order valence-electron chi connectivity index (χ0n) is 14.0. The highest BCUT2D eigenvalue weighted by atomic mass is 19.4. The van der Waals surface area contributed by atoms with Crippen molar-refractivity contribution in [2.24, 2.45) is 0 Å². The number of aromatic hydroxyl groups is 1. The topological polar surface area (TPSA) is 75.4 Å². The van der Waals surface area contributed by atoms with Crippen molar-refractivity contribution >= 4 is 5.91 Å². The van der Waals surface area contributed by atoms with Gasteiger partial charge in [0.05, 0.1) is 5.56 Å². The Balaban J connectivity index is 1.59. The number of carbonyl (C=O) groups is 1. The number of hydrogen-bond donors (Lipinski definition) is 2.